The lowest BCUT2D eigenvalue weighted by Gasteiger charge is -2.33. The molecule has 0 N–H and O–H groups in total. The van der Waals surface area contributed by atoms with Crippen LogP contribution in [0.25, 0.3) is 0 Å². The molecule has 9 heteroatoms. The fourth-order valence-corrected chi connectivity index (χ4v) is 5.48. The number of piperidine rings is 1. The maximum Gasteiger partial charge on any atom is 0.243 e. The van der Waals surface area contributed by atoms with Crippen molar-refractivity contribution in [2.24, 2.45) is 0 Å². The molecule has 1 atom stereocenters. The summed E-state index contributed by atoms with van der Waals surface area (Å²) in [7, 11) is -1.84. The highest BCUT2D eigenvalue weighted by molar-refractivity contribution is 7.89. The van der Waals surface area contributed by atoms with Gasteiger partial charge < -0.3 is 23.8 Å². The Kier molecular flexibility index (Phi) is 6.07. The molecule has 1 aromatic rings. The molecular weight excluding hydrogens is 384 g/mol. The van der Waals surface area contributed by atoms with Gasteiger partial charge in [-0.05, 0) is 31.4 Å². The Hall–Kier alpha value is -1.39. The Morgan fingerprint density at radius 3 is 2.61 bits per heavy atom. The molecule has 4 rings (SSSR count). The quantitative estimate of drug-likeness (QED) is 0.668. The van der Waals surface area contributed by atoms with E-state index in [0.717, 1.165) is 45.5 Å². The number of likely N-dealkylation sites (tertiary alicyclic amines) is 1. The van der Waals surface area contributed by atoms with Crippen molar-refractivity contribution in [1.82, 2.24) is 9.21 Å². The van der Waals surface area contributed by atoms with Crippen molar-refractivity contribution in [2.45, 2.75) is 36.4 Å². The maximum absolute atomic E-state index is 13.0. The van der Waals surface area contributed by atoms with Gasteiger partial charge in [-0.2, -0.15) is 4.31 Å². The Morgan fingerprint density at radius 2 is 1.82 bits per heavy atom. The summed E-state index contributed by atoms with van der Waals surface area (Å²) < 4.78 is 49.4. The second kappa shape index (κ2) is 8.54. The average molecular weight is 413 g/mol. The summed E-state index contributed by atoms with van der Waals surface area (Å²) in [6.07, 6.45) is 2.86. The Labute approximate surface area is 166 Å². The van der Waals surface area contributed by atoms with Crippen LogP contribution in [0.15, 0.2) is 23.1 Å². The number of hydrogen-bond acceptors (Lipinski definition) is 7. The number of ether oxygens (including phenoxy) is 4. The van der Waals surface area contributed by atoms with Gasteiger partial charge in [-0.25, -0.2) is 8.42 Å². The summed E-state index contributed by atoms with van der Waals surface area (Å²) in [5.41, 5.74) is 0. The van der Waals surface area contributed by atoms with E-state index >= 15 is 0 Å². The van der Waals surface area contributed by atoms with E-state index in [1.54, 1.807) is 25.3 Å². The minimum Gasteiger partial charge on any atom is -0.454 e. The molecule has 3 aliphatic rings. The number of benzene rings is 1. The Morgan fingerprint density at radius 1 is 1.07 bits per heavy atom. The van der Waals surface area contributed by atoms with Crippen LogP contribution in [-0.2, 0) is 19.5 Å². The zero-order chi connectivity index (χ0) is 19.6. The summed E-state index contributed by atoms with van der Waals surface area (Å²) in [5, 5.41) is 0. The molecule has 3 heterocycles. The molecule has 0 saturated carbocycles. The summed E-state index contributed by atoms with van der Waals surface area (Å²) in [6, 6.07) is 4.77. The topological polar surface area (TPSA) is 77.5 Å². The van der Waals surface area contributed by atoms with Crippen LogP contribution in [0.3, 0.4) is 0 Å². The number of methoxy groups -OCH3 is 1. The number of hydrogen-bond donors (Lipinski definition) is 0. The van der Waals surface area contributed by atoms with Gasteiger partial charge in [0.1, 0.15) is 0 Å². The first-order valence-corrected chi connectivity index (χ1v) is 11.3. The molecular formula is C19H28N2O6S. The predicted molar refractivity (Wildman–Crippen MR) is 102 cm³/mol. The maximum atomic E-state index is 13.0. The van der Waals surface area contributed by atoms with E-state index < -0.39 is 10.0 Å². The third kappa shape index (κ3) is 4.28. The van der Waals surface area contributed by atoms with Crippen LogP contribution in [0.2, 0.25) is 0 Å². The Bertz CT molecular complexity index is 779. The van der Waals surface area contributed by atoms with E-state index in [4.69, 9.17) is 18.9 Å². The first-order valence-electron chi connectivity index (χ1n) is 9.83. The average Bonchev–Trinajstić information content (AvgIpc) is 3.36. The third-order valence-corrected chi connectivity index (χ3v) is 7.48. The van der Waals surface area contributed by atoms with E-state index in [1.165, 1.54) is 4.31 Å². The molecule has 2 fully saturated rings. The first kappa shape index (κ1) is 19.9. The fraction of sp³-hybridized carbons (Fsp3) is 0.684. The van der Waals surface area contributed by atoms with Crippen molar-refractivity contribution < 1.29 is 27.4 Å². The first-order chi connectivity index (χ1) is 13.6. The summed E-state index contributed by atoms with van der Waals surface area (Å²) in [4.78, 5) is 2.62. The van der Waals surface area contributed by atoms with Gasteiger partial charge >= 0.3 is 0 Å². The highest BCUT2D eigenvalue weighted by atomic mass is 32.2. The predicted octanol–water partition coefficient (Wildman–Crippen LogP) is 1.31. The van der Waals surface area contributed by atoms with Crippen LogP contribution in [-0.4, -0.2) is 83.1 Å². The van der Waals surface area contributed by atoms with Crippen LogP contribution >= 0.6 is 0 Å². The van der Waals surface area contributed by atoms with E-state index in [2.05, 4.69) is 4.90 Å². The molecule has 2 saturated heterocycles. The SMILES string of the molecule is COCCN1CCC(O[C@@H]2CCN(S(=O)(=O)c3ccc4c(c3)OCO4)C2)CC1. The highest BCUT2D eigenvalue weighted by Gasteiger charge is 2.35. The molecule has 0 aromatic heterocycles. The van der Waals surface area contributed by atoms with Crippen molar-refractivity contribution in [3.8, 4) is 11.5 Å². The summed E-state index contributed by atoms with van der Waals surface area (Å²) in [5.74, 6) is 1.06. The second-order valence-corrected chi connectivity index (χ2v) is 9.40. The van der Waals surface area contributed by atoms with Crippen molar-refractivity contribution >= 4 is 10.0 Å². The molecule has 156 valence electrons. The fourth-order valence-electron chi connectivity index (χ4n) is 3.97. The minimum atomic E-state index is -3.56. The lowest BCUT2D eigenvalue weighted by Crippen LogP contribution is -2.40. The summed E-state index contributed by atoms with van der Waals surface area (Å²) in [6.45, 7) is 4.71. The van der Waals surface area contributed by atoms with Gasteiger partial charge in [0, 0.05) is 45.9 Å². The lowest BCUT2D eigenvalue weighted by molar-refractivity contribution is -0.0374. The molecule has 0 radical (unpaired) electrons. The number of fused-ring (bicyclic) bond motifs is 1. The third-order valence-electron chi connectivity index (χ3n) is 5.62. The van der Waals surface area contributed by atoms with Crippen molar-refractivity contribution in [2.75, 3.05) is 53.2 Å². The zero-order valence-corrected chi connectivity index (χ0v) is 17.0. The van der Waals surface area contributed by atoms with Gasteiger partial charge in [-0.15, -0.1) is 0 Å². The minimum absolute atomic E-state index is 0.0423. The van der Waals surface area contributed by atoms with Gasteiger partial charge in [0.25, 0.3) is 0 Å². The highest BCUT2D eigenvalue weighted by Crippen LogP contribution is 2.35. The normalized spacial score (nSPS) is 24.1. The largest absolute Gasteiger partial charge is 0.454 e. The molecule has 28 heavy (non-hydrogen) atoms. The van der Waals surface area contributed by atoms with E-state index in [9.17, 15) is 8.42 Å². The molecule has 0 spiro atoms. The second-order valence-electron chi connectivity index (χ2n) is 7.46. The van der Waals surface area contributed by atoms with Gasteiger partial charge in [0.05, 0.1) is 23.7 Å². The Balaban J connectivity index is 1.30. The van der Waals surface area contributed by atoms with Crippen LogP contribution in [0.5, 0.6) is 11.5 Å². The van der Waals surface area contributed by atoms with Gasteiger partial charge in [0.15, 0.2) is 11.5 Å². The van der Waals surface area contributed by atoms with Crippen molar-refractivity contribution in [1.29, 1.82) is 0 Å². The van der Waals surface area contributed by atoms with E-state index in [-0.39, 0.29) is 23.9 Å². The molecule has 0 bridgehead atoms. The molecule has 0 amide bonds. The van der Waals surface area contributed by atoms with Gasteiger partial charge in [-0.3, -0.25) is 0 Å². The van der Waals surface area contributed by atoms with Crippen molar-refractivity contribution in [3.63, 3.8) is 0 Å². The lowest BCUT2D eigenvalue weighted by atomic mass is 10.1. The molecule has 0 unspecified atom stereocenters. The number of nitrogens with zero attached hydrogens (tertiary/aromatic N) is 2. The molecule has 3 aliphatic heterocycles. The standard InChI is InChI=1S/C19H28N2O6S/c1-24-11-10-20-7-4-15(5-8-20)27-16-6-9-21(13-16)28(22,23)17-2-3-18-19(12-17)26-14-25-18/h2-3,12,15-16H,4-11,13-14H2,1H3/t16-/m1/s1. The van der Waals surface area contributed by atoms with E-state index in [0.29, 0.717) is 24.6 Å². The van der Waals surface area contributed by atoms with Crippen LogP contribution < -0.4 is 9.47 Å². The van der Waals surface area contributed by atoms with Crippen LogP contribution in [0, 0.1) is 0 Å². The number of rotatable bonds is 7. The molecule has 8 nitrogen and oxygen atoms in total. The monoisotopic (exact) mass is 412 g/mol. The van der Waals surface area contributed by atoms with Crippen LogP contribution in [0.1, 0.15) is 19.3 Å². The number of sulfonamides is 1. The van der Waals surface area contributed by atoms with Crippen LogP contribution in [0.4, 0.5) is 0 Å². The molecule has 0 aliphatic carbocycles. The molecule has 1 aromatic carbocycles. The summed E-state index contributed by atoms with van der Waals surface area (Å²) >= 11 is 0. The van der Waals surface area contributed by atoms with Gasteiger partial charge in [0.2, 0.25) is 16.8 Å². The smallest absolute Gasteiger partial charge is 0.243 e. The van der Waals surface area contributed by atoms with Gasteiger partial charge in [-0.1, -0.05) is 0 Å². The van der Waals surface area contributed by atoms with Crippen molar-refractivity contribution in [3.05, 3.63) is 18.2 Å². The van der Waals surface area contributed by atoms with E-state index in [1.807, 2.05) is 0 Å². The zero-order valence-electron chi connectivity index (χ0n) is 16.2.